The van der Waals surface area contributed by atoms with Crippen LogP contribution in [0.1, 0.15) is 0 Å². The maximum atomic E-state index is 11.2. The fourth-order valence-corrected chi connectivity index (χ4v) is 2.07. The molecule has 0 unspecified atom stereocenters. The van der Waals surface area contributed by atoms with E-state index in [0.29, 0.717) is 10.0 Å². The zero-order valence-electron chi connectivity index (χ0n) is 6.80. The van der Waals surface area contributed by atoms with Gasteiger partial charge in [0.2, 0.25) is 10.0 Å². The van der Waals surface area contributed by atoms with E-state index >= 15 is 0 Å². The van der Waals surface area contributed by atoms with Crippen LogP contribution in [-0.2, 0) is 10.0 Å². The standard InChI is InChI=1S/C7H6BrCl2NO2S/c8-4-14(12,13)11-7-3-5(9)1-2-6(7)10/h1-3,11H,4H2. The predicted molar refractivity (Wildman–Crippen MR) is 62.8 cm³/mol. The van der Waals surface area contributed by atoms with E-state index in [1.807, 2.05) is 0 Å². The third-order valence-electron chi connectivity index (χ3n) is 1.34. The summed E-state index contributed by atoms with van der Waals surface area (Å²) in [4.78, 5) is 0. The summed E-state index contributed by atoms with van der Waals surface area (Å²) in [6, 6.07) is 4.55. The van der Waals surface area contributed by atoms with Gasteiger partial charge in [0.05, 0.1) is 10.7 Å². The van der Waals surface area contributed by atoms with E-state index in [1.54, 1.807) is 6.07 Å². The Kier molecular flexibility index (Phi) is 4.06. The molecule has 0 saturated heterocycles. The lowest BCUT2D eigenvalue weighted by atomic mass is 10.3. The fraction of sp³-hybridized carbons (Fsp3) is 0.143. The van der Waals surface area contributed by atoms with Gasteiger partial charge < -0.3 is 0 Å². The first-order valence-corrected chi connectivity index (χ1v) is 6.99. The van der Waals surface area contributed by atoms with Crippen LogP contribution in [0.3, 0.4) is 0 Å². The number of benzene rings is 1. The molecule has 0 saturated carbocycles. The Morgan fingerprint density at radius 1 is 1.36 bits per heavy atom. The molecule has 14 heavy (non-hydrogen) atoms. The van der Waals surface area contributed by atoms with Crippen molar-refractivity contribution in [1.82, 2.24) is 0 Å². The van der Waals surface area contributed by atoms with Crippen molar-refractivity contribution >= 4 is 54.8 Å². The van der Waals surface area contributed by atoms with Gasteiger partial charge >= 0.3 is 0 Å². The molecule has 1 aromatic carbocycles. The molecule has 0 heterocycles. The van der Waals surface area contributed by atoms with Crippen LogP contribution in [0.4, 0.5) is 5.69 Å². The molecule has 0 radical (unpaired) electrons. The summed E-state index contributed by atoms with van der Waals surface area (Å²) < 4.78 is 24.4. The molecular weight excluding hydrogens is 313 g/mol. The van der Waals surface area contributed by atoms with Crippen molar-refractivity contribution in [2.24, 2.45) is 0 Å². The molecule has 1 N–H and O–H groups in total. The van der Waals surface area contributed by atoms with Crippen molar-refractivity contribution in [1.29, 1.82) is 0 Å². The maximum Gasteiger partial charge on any atom is 0.242 e. The largest absolute Gasteiger partial charge is 0.281 e. The van der Waals surface area contributed by atoms with Crippen molar-refractivity contribution in [3.05, 3.63) is 28.2 Å². The molecular formula is C7H6BrCl2NO2S. The summed E-state index contributed by atoms with van der Waals surface area (Å²) in [5.74, 6) is 0. The highest BCUT2D eigenvalue weighted by Gasteiger charge is 2.10. The zero-order chi connectivity index (χ0) is 10.8. The molecule has 3 nitrogen and oxygen atoms in total. The SMILES string of the molecule is O=S(=O)(CBr)Nc1cc(Cl)ccc1Cl. The van der Waals surface area contributed by atoms with Crippen LogP contribution in [0, 0.1) is 0 Å². The predicted octanol–water partition coefficient (Wildman–Crippen LogP) is 3.09. The average molecular weight is 319 g/mol. The lowest BCUT2D eigenvalue weighted by Gasteiger charge is -2.07. The first kappa shape index (κ1) is 12.1. The fourth-order valence-electron chi connectivity index (χ4n) is 0.771. The Hall–Kier alpha value is 0.0300. The Labute approximate surface area is 101 Å². The first-order valence-electron chi connectivity index (χ1n) is 3.46. The lowest BCUT2D eigenvalue weighted by molar-refractivity contribution is 0.606. The van der Waals surface area contributed by atoms with Gasteiger partial charge in [0, 0.05) is 5.02 Å². The van der Waals surface area contributed by atoms with E-state index in [-0.39, 0.29) is 10.3 Å². The summed E-state index contributed by atoms with van der Waals surface area (Å²) in [6.07, 6.45) is 0. The molecule has 0 aromatic heterocycles. The van der Waals surface area contributed by atoms with Gasteiger partial charge in [0.1, 0.15) is 4.66 Å². The van der Waals surface area contributed by atoms with Crippen molar-refractivity contribution in [2.75, 3.05) is 9.38 Å². The molecule has 0 aliphatic rings. The molecule has 7 heteroatoms. The van der Waals surface area contributed by atoms with E-state index < -0.39 is 10.0 Å². The molecule has 0 aliphatic heterocycles. The van der Waals surface area contributed by atoms with Crippen molar-refractivity contribution in [3.63, 3.8) is 0 Å². The second kappa shape index (κ2) is 4.70. The third-order valence-corrected chi connectivity index (χ3v) is 4.53. The summed E-state index contributed by atoms with van der Waals surface area (Å²) in [7, 11) is -3.39. The minimum atomic E-state index is -3.39. The summed E-state index contributed by atoms with van der Waals surface area (Å²) in [5, 5.41) is 0.723. The molecule has 0 bridgehead atoms. The summed E-state index contributed by atoms with van der Waals surface area (Å²) in [5.41, 5.74) is 0.276. The third kappa shape index (κ3) is 3.31. The van der Waals surface area contributed by atoms with Crippen LogP contribution in [-0.4, -0.2) is 13.1 Å². The van der Waals surface area contributed by atoms with E-state index in [4.69, 9.17) is 23.2 Å². The molecule has 0 spiro atoms. The van der Waals surface area contributed by atoms with Crippen LogP contribution >= 0.6 is 39.1 Å². The molecule has 0 atom stereocenters. The highest BCUT2D eigenvalue weighted by atomic mass is 79.9. The Morgan fingerprint density at radius 2 is 2.00 bits per heavy atom. The van der Waals surface area contributed by atoms with Crippen LogP contribution in [0.15, 0.2) is 18.2 Å². The second-order valence-corrected chi connectivity index (χ2v) is 6.32. The van der Waals surface area contributed by atoms with Crippen LogP contribution in [0.2, 0.25) is 10.0 Å². The second-order valence-electron chi connectivity index (χ2n) is 2.45. The van der Waals surface area contributed by atoms with Gasteiger partial charge in [-0.3, -0.25) is 4.72 Å². The highest BCUT2D eigenvalue weighted by molar-refractivity contribution is 9.10. The van der Waals surface area contributed by atoms with Gasteiger partial charge in [-0.2, -0.15) is 0 Å². The molecule has 78 valence electrons. The number of halogens is 3. The monoisotopic (exact) mass is 317 g/mol. The van der Waals surface area contributed by atoms with Crippen LogP contribution < -0.4 is 4.72 Å². The van der Waals surface area contributed by atoms with Gasteiger partial charge in [0.15, 0.2) is 0 Å². The van der Waals surface area contributed by atoms with Crippen LogP contribution in [0.25, 0.3) is 0 Å². The Morgan fingerprint density at radius 3 is 2.57 bits per heavy atom. The molecule has 0 fully saturated rings. The maximum absolute atomic E-state index is 11.2. The van der Waals surface area contributed by atoms with Gasteiger partial charge in [-0.05, 0) is 18.2 Å². The number of nitrogens with one attached hydrogen (secondary N) is 1. The van der Waals surface area contributed by atoms with Gasteiger partial charge in [-0.15, -0.1) is 0 Å². The van der Waals surface area contributed by atoms with Gasteiger partial charge in [0.25, 0.3) is 0 Å². The number of hydrogen-bond acceptors (Lipinski definition) is 2. The van der Waals surface area contributed by atoms with Crippen LogP contribution in [0.5, 0.6) is 0 Å². The number of sulfonamides is 1. The van der Waals surface area contributed by atoms with Crippen molar-refractivity contribution in [2.45, 2.75) is 0 Å². The zero-order valence-corrected chi connectivity index (χ0v) is 10.7. The first-order chi connectivity index (χ1) is 6.44. The quantitative estimate of drug-likeness (QED) is 0.870. The average Bonchev–Trinajstić information content (AvgIpc) is 2.11. The van der Waals surface area contributed by atoms with Crippen molar-refractivity contribution < 1.29 is 8.42 Å². The summed E-state index contributed by atoms with van der Waals surface area (Å²) >= 11 is 14.3. The Balaban J connectivity index is 3.03. The van der Waals surface area contributed by atoms with E-state index in [1.165, 1.54) is 12.1 Å². The minimum absolute atomic E-state index is 0.192. The normalized spacial score (nSPS) is 11.4. The lowest BCUT2D eigenvalue weighted by Crippen LogP contribution is -2.13. The molecule has 1 rings (SSSR count). The van der Waals surface area contributed by atoms with Gasteiger partial charge in [-0.1, -0.05) is 39.1 Å². The number of anilines is 1. The number of alkyl halides is 1. The molecule has 0 amide bonds. The number of rotatable bonds is 3. The van der Waals surface area contributed by atoms with E-state index in [2.05, 4.69) is 20.7 Å². The number of hydrogen-bond donors (Lipinski definition) is 1. The minimum Gasteiger partial charge on any atom is -0.281 e. The topological polar surface area (TPSA) is 46.2 Å². The van der Waals surface area contributed by atoms with Crippen molar-refractivity contribution in [3.8, 4) is 0 Å². The molecule has 0 aliphatic carbocycles. The smallest absolute Gasteiger partial charge is 0.242 e. The van der Waals surface area contributed by atoms with E-state index in [0.717, 1.165) is 0 Å². The van der Waals surface area contributed by atoms with E-state index in [9.17, 15) is 8.42 Å². The Bertz CT molecular complexity index is 435. The summed E-state index contributed by atoms with van der Waals surface area (Å²) in [6.45, 7) is 0. The molecule has 1 aromatic rings. The van der Waals surface area contributed by atoms with Gasteiger partial charge in [-0.25, -0.2) is 8.42 Å². The highest BCUT2D eigenvalue weighted by Crippen LogP contribution is 2.26.